The molecule has 4 atom stereocenters. The van der Waals surface area contributed by atoms with Gasteiger partial charge >= 0.3 is 5.97 Å². The van der Waals surface area contributed by atoms with E-state index in [0.29, 0.717) is 19.4 Å². The second-order valence-corrected chi connectivity index (χ2v) is 8.91. The molecule has 11 heteroatoms. The van der Waals surface area contributed by atoms with E-state index in [1.807, 2.05) is 32.0 Å². The lowest BCUT2D eigenvalue weighted by molar-refractivity contribution is -0.143. The monoisotopic (exact) mass is 493 g/mol. The number of aliphatic carboxylic acids is 1. The fourth-order valence-corrected chi connectivity index (χ4v) is 3.41. The standard InChI is InChI=1S/C24H39N5O6/c1-15(2)12-18(22(32)29-20(14-30)24(34)35)28-23(33)19(13-16-8-4-3-5-9-16)27-21(31)17(26)10-6-7-11-25/h3-5,8-9,15,17-20,30H,6-7,10-14,25-26H2,1-2H3,(H,27,31)(H,28,33)(H,29,32)(H,34,35). The van der Waals surface area contributed by atoms with Gasteiger partial charge in [-0.2, -0.15) is 0 Å². The molecule has 11 nitrogen and oxygen atoms in total. The zero-order valence-corrected chi connectivity index (χ0v) is 20.4. The summed E-state index contributed by atoms with van der Waals surface area (Å²) in [6.45, 7) is 3.39. The average Bonchev–Trinajstić information content (AvgIpc) is 2.81. The molecule has 3 amide bonds. The predicted molar refractivity (Wildman–Crippen MR) is 131 cm³/mol. The van der Waals surface area contributed by atoms with Crippen LogP contribution < -0.4 is 27.4 Å². The number of aliphatic hydroxyl groups excluding tert-OH is 1. The van der Waals surface area contributed by atoms with Crippen LogP contribution in [-0.2, 0) is 25.6 Å². The summed E-state index contributed by atoms with van der Waals surface area (Å²) in [5.41, 5.74) is 12.3. The van der Waals surface area contributed by atoms with Crippen LogP contribution in [0.5, 0.6) is 0 Å². The Balaban J connectivity index is 3.03. The minimum absolute atomic E-state index is 0.0124. The number of hydrogen-bond acceptors (Lipinski definition) is 7. The molecule has 1 aromatic carbocycles. The van der Waals surface area contributed by atoms with Crippen LogP contribution in [0, 0.1) is 5.92 Å². The first-order chi connectivity index (χ1) is 16.6. The molecule has 0 saturated carbocycles. The van der Waals surface area contributed by atoms with Crippen molar-refractivity contribution < 1.29 is 29.4 Å². The Morgan fingerprint density at radius 3 is 2.00 bits per heavy atom. The number of rotatable bonds is 16. The lowest BCUT2D eigenvalue weighted by Gasteiger charge is -2.26. The molecule has 9 N–H and O–H groups in total. The van der Waals surface area contributed by atoms with Crippen molar-refractivity contribution in [3.8, 4) is 0 Å². The third-order valence-electron chi connectivity index (χ3n) is 5.36. The number of nitrogens with one attached hydrogen (secondary N) is 3. The van der Waals surface area contributed by atoms with E-state index in [9.17, 15) is 24.3 Å². The van der Waals surface area contributed by atoms with Gasteiger partial charge in [0.1, 0.15) is 18.1 Å². The number of amides is 3. The number of carbonyl (C=O) groups excluding carboxylic acids is 3. The first-order valence-corrected chi connectivity index (χ1v) is 11.8. The second kappa shape index (κ2) is 15.8. The van der Waals surface area contributed by atoms with Gasteiger partial charge in [-0.3, -0.25) is 14.4 Å². The highest BCUT2D eigenvalue weighted by Crippen LogP contribution is 2.09. The van der Waals surface area contributed by atoms with Crippen molar-refractivity contribution >= 4 is 23.7 Å². The van der Waals surface area contributed by atoms with Gasteiger partial charge in [0, 0.05) is 6.42 Å². The molecule has 1 rings (SSSR count). The molecule has 196 valence electrons. The molecule has 0 heterocycles. The largest absolute Gasteiger partial charge is 0.480 e. The maximum Gasteiger partial charge on any atom is 0.328 e. The van der Waals surface area contributed by atoms with Crippen molar-refractivity contribution in [2.45, 2.75) is 70.1 Å². The van der Waals surface area contributed by atoms with E-state index < -0.39 is 54.5 Å². The summed E-state index contributed by atoms with van der Waals surface area (Å²) in [5.74, 6) is -3.24. The third kappa shape index (κ3) is 11.3. The minimum atomic E-state index is -1.50. The molecule has 0 radical (unpaired) electrons. The summed E-state index contributed by atoms with van der Waals surface area (Å²) >= 11 is 0. The molecule has 0 aromatic heterocycles. The SMILES string of the molecule is CC(C)CC(NC(=O)C(Cc1ccccc1)NC(=O)C(N)CCCCN)C(=O)NC(CO)C(=O)O. The zero-order valence-electron chi connectivity index (χ0n) is 20.4. The molecular weight excluding hydrogens is 454 g/mol. The van der Waals surface area contributed by atoms with Crippen LogP contribution in [0.2, 0.25) is 0 Å². The Hall–Kier alpha value is -3.02. The van der Waals surface area contributed by atoms with Gasteiger partial charge in [-0.25, -0.2) is 4.79 Å². The zero-order chi connectivity index (χ0) is 26.4. The van der Waals surface area contributed by atoms with E-state index in [1.165, 1.54) is 0 Å². The van der Waals surface area contributed by atoms with E-state index in [0.717, 1.165) is 12.0 Å². The highest BCUT2D eigenvalue weighted by Gasteiger charge is 2.30. The molecule has 4 unspecified atom stereocenters. The number of carboxylic acid groups (broad SMARTS) is 1. The smallest absolute Gasteiger partial charge is 0.328 e. The lowest BCUT2D eigenvalue weighted by atomic mass is 10.0. The van der Waals surface area contributed by atoms with Gasteiger partial charge in [-0.05, 0) is 37.3 Å². The first kappa shape index (κ1) is 30.0. The molecule has 0 spiro atoms. The number of nitrogens with two attached hydrogens (primary N) is 2. The molecule has 1 aromatic rings. The number of aliphatic hydroxyl groups is 1. The van der Waals surface area contributed by atoms with Crippen LogP contribution in [0.3, 0.4) is 0 Å². The molecule has 35 heavy (non-hydrogen) atoms. The van der Waals surface area contributed by atoms with Crippen molar-refractivity contribution in [1.29, 1.82) is 0 Å². The summed E-state index contributed by atoms with van der Waals surface area (Å²) in [6, 6.07) is 4.67. The normalized spacial score (nSPS) is 14.5. The van der Waals surface area contributed by atoms with Crippen molar-refractivity contribution in [1.82, 2.24) is 16.0 Å². The maximum atomic E-state index is 13.2. The Labute approximate surface area is 206 Å². The van der Waals surface area contributed by atoms with Crippen LogP contribution >= 0.6 is 0 Å². The number of carbonyl (C=O) groups is 4. The van der Waals surface area contributed by atoms with E-state index in [-0.39, 0.29) is 18.8 Å². The van der Waals surface area contributed by atoms with Gasteiger partial charge in [0.2, 0.25) is 17.7 Å². The van der Waals surface area contributed by atoms with E-state index in [2.05, 4.69) is 16.0 Å². The van der Waals surface area contributed by atoms with Gasteiger partial charge in [0.15, 0.2) is 0 Å². The van der Waals surface area contributed by atoms with Gasteiger partial charge in [0.25, 0.3) is 0 Å². The van der Waals surface area contributed by atoms with Crippen LogP contribution in [-0.4, -0.2) is 71.2 Å². The molecule has 0 aliphatic carbocycles. The summed E-state index contributed by atoms with van der Waals surface area (Å²) in [5, 5.41) is 25.9. The Bertz CT molecular complexity index is 820. The fraction of sp³-hybridized carbons (Fsp3) is 0.583. The van der Waals surface area contributed by atoms with E-state index in [1.54, 1.807) is 12.1 Å². The van der Waals surface area contributed by atoms with Crippen LogP contribution in [0.4, 0.5) is 0 Å². The highest BCUT2D eigenvalue weighted by atomic mass is 16.4. The summed E-state index contributed by atoms with van der Waals surface area (Å²) < 4.78 is 0. The van der Waals surface area contributed by atoms with Crippen molar-refractivity contribution in [2.75, 3.05) is 13.2 Å². The summed E-state index contributed by atoms with van der Waals surface area (Å²) in [7, 11) is 0. The molecule has 0 fully saturated rings. The number of benzene rings is 1. The predicted octanol–water partition coefficient (Wildman–Crippen LogP) is -0.737. The van der Waals surface area contributed by atoms with Crippen molar-refractivity contribution in [3.63, 3.8) is 0 Å². The number of carboxylic acids is 1. The van der Waals surface area contributed by atoms with Crippen LogP contribution in [0.25, 0.3) is 0 Å². The Morgan fingerprint density at radius 1 is 0.886 bits per heavy atom. The molecule has 0 saturated heterocycles. The van der Waals surface area contributed by atoms with Crippen molar-refractivity contribution in [2.24, 2.45) is 17.4 Å². The van der Waals surface area contributed by atoms with Gasteiger partial charge in [-0.15, -0.1) is 0 Å². The first-order valence-electron chi connectivity index (χ1n) is 11.8. The van der Waals surface area contributed by atoms with Crippen LogP contribution in [0.15, 0.2) is 30.3 Å². The third-order valence-corrected chi connectivity index (χ3v) is 5.36. The number of hydrogen-bond donors (Lipinski definition) is 7. The maximum absolute atomic E-state index is 13.2. The van der Waals surface area contributed by atoms with Gasteiger partial charge in [0.05, 0.1) is 12.6 Å². The molecule has 0 aliphatic rings. The lowest BCUT2D eigenvalue weighted by Crippen LogP contribution is -2.58. The molecule has 0 bridgehead atoms. The van der Waals surface area contributed by atoms with E-state index >= 15 is 0 Å². The Morgan fingerprint density at radius 2 is 1.46 bits per heavy atom. The Kier molecular flexibility index (Phi) is 13.5. The molecular formula is C24H39N5O6. The average molecular weight is 494 g/mol. The highest BCUT2D eigenvalue weighted by molar-refractivity contribution is 5.94. The van der Waals surface area contributed by atoms with Gasteiger partial charge in [-0.1, -0.05) is 50.6 Å². The fourth-order valence-electron chi connectivity index (χ4n) is 3.41. The minimum Gasteiger partial charge on any atom is -0.480 e. The topological polar surface area (TPSA) is 197 Å². The summed E-state index contributed by atoms with van der Waals surface area (Å²) in [6.07, 6.45) is 2.20. The quantitative estimate of drug-likeness (QED) is 0.146. The van der Waals surface area contributed by atoms with E-state index in [4.69, 9.17) is 16.6 Å². The molecule has 0 aliphatic heterocycles. The summed E-state index contributed by atoms with van der Waals surface area (Å²) in [4.78, 5) is 49.8. The van der Waals surface area contributed by atoms with Crippen LogP contribution in [0.1, 0.15) is 45.1 Å². The number of unbranched alkanes of at least 4 members (excludes halogenated alkanes) is 1. The second-order valence-electron chi connectivity index (χ2n) is 8.91. The van der Waals surface area contributed by atoms with Gasteiger partial charge < -0.3 is 37.6 Å². The van der Waals surface area contributed by atoms with Crippen molar-refractivity contribution in [3.05, 3.63) is 35.9 Å².